The first-order valence-corrected chi connectivity index (χ1v) is 14.5. The number of hydrogen-bond donors (Lipinski definition) is 3. The van der Waals surface area contributed by atoms with Gasteiger partial charge in [-0.2, -0.15) is 5.10 Å². The number of anilines is 1. The minimum Gasteiger partial charge on any atom is -0.481 e. The summed E-state index contributed by atoms with van der Waals surface area (Å²) < 4.78 is 26.8. The molecule has 5 rings (SSSR count). The number of rotatable bonds is 8. The van der Waals surface area contributed by atoms with E-state index >= 15 is 0 Å². The molecule has 3 N–H and O–H groups in total. The Kier molecular flexibility index (Phi) is 9.62. The minimum atomic E-state index is -0.749. The van der Waals surface area contributed by atoms with Gasteiger partial charge in [0.05, 0.1) is 47.4 Å². The predicted octanol–water partition coefficient (Wildman–Crippen LogP) is 4.76. The summed E-state index contributed by atoms with van der Waals surface area (Å²) >= 11 is 13.6. The average Bonchev–Trinajstić information content (AvgIpc) is 3.00. The van der Waals surface area contributed by atoms with Crippen LogP contribution in [0.15, 0.2) is 53.5 Å². The average molecular weight is 643 g/mol. The summed E-state index contributed by atoms with van der Waals surface area (Å²) in [6.07, 6.45) is 1.48. The molecule has 230 valence electrons. The molecule has 1 amide bonds. The van der Waals surface area contributed by atoms with Gasteiger partial charge in [-0.05, 0) is 37.1 Å². The molecule has 1 saturated heterocycles. The zero-order chi connectivity index (χ0) is 31.5. The number of aryl methyl sites for hydroxylation is 2. The van der Waals surface area contributed by atoms with Crippen molar-refractivity contribution in [1.82, 2.24) is 20.1 Å². The van der Waals surface area contributed by atoms with E-state index in [0.717, 1.165) is 16.3 Å². The van der Waals surface area contributed by atoms with Crippen molar-refractivity contribution in [1.29, 1.82) is 0 Å². The molecule has 13 heteroatoms. The Morgan fingerprint density at radius 1 is 1.18 bits per heavy atom. The number of methoxy groups -OCH3 is 1. The molecule has 0 spiro atoms. The third-order valence-corrected chi connectivity index (χ3v) is 8.23. The highest BCUT2D eigenvalue weighted by molar-refractivity contribution is 6.39. The molecular formula is C31H30Cl2FN5O5. The number of benzene rings is 2. The summed E-state index contributed by atoms with van der Waals surface area (Å²) in [4.78, 5) is 30.3. The maximum atomic E-state index is 14.9. The molecule has 1 fully saturated rings. The third kappa shape index (κ3) is 6.47. The second-order valence-electron chi connectivity index (χ2n) is 10.4. The third-order valence-electron chi connectivity index (χ3n) is 7.42. The van der Waals surface area contributed by atoms with Gasteiger partial charge in [0.1, 0.15) is 11.4 Å². The fourth-order valence-electron chi connectivity index (χ4n) is 5.03. The summed E-state index contributed by atoms with van der Waals surface area (Å²) in [7, 11) is 2.94. The number of hydrogen-bond acceptors (Lipinski definition) is 8. The SMILES string of the molecule is COc1nc(-c2cccc(-c3cc(F)cc(NC(=O)c4c(C)cnn(C)c4=O)c3Cl)c2Cl)ccc1CNC1CCOCC1O. The summed E-state index contributed by atoms with van der Waals surface area (Å²) in [5, 5.41) is 20.3. The van der Waals surface area contributed by atoms with Crippen LogP contribution in [0.1, 0.15) is 27.9 Å². The lowest BCUT2D eigenvalue weighted by Gasteiger charge is -2.28. The van der Waals surface area contributed by atoms with E-state index in [0.29, 0.717) is 47.8 Å². The van der Waals surface area contributed by atoms with Crippen molar-refractivity contribution < 1.29 is 23.8 Å². The summed E-state index contributed by atoms with van der Waals surface area (Å²) in [5.41, 5.74) is 2.07. The molecule has 0 aliphatic carbocycles. The second-order valence-corrected chi connectivity index (χ2v) is 11.1. The van der Waals surface area contributed by atoms with Gasteiger partial charge in [-0.25, -0.2) is 14.1 Å². The van der Waals surface area contributed by atoms with E-state index in [1.54, 1.807) is 31.2 Å². The number of carbonyl (C=O) groups is 1. The van der Waals surface area contributed by atoms with E-state index in [1.165, 1.54) is 26.4 Å². The maximum absolute atomic E-state index is 14.9. The monoisotopic (exact) mass is 641 g/mol. The summed E-state index contributed by atoms with van der Waals surface area (Å²) in [5.74, 6) is -1.04. The molecule has 2 aromatic carbocycles. The number of carbonyl (C=O) groups excluding carboxylic acids is 1. The van der Waals surface area contributed by atoms with E-state index in [-0.39, 0.29) is 39.5 Å². The number of aliphatic hydroxyl groups is 1. The van der Waals surface area contributed by atoms with Gasteiger partial charge in [-0.1, -0.05) is 47.5 Å². The van der Waals surface area contributed by atoms with E-state index < -0.39 is 23.4 Å². The second kappa shape index (κ2) is 13.4. The molecule has 4 aromatic rings. The van der Waals surface area contributed by atoms with Gasteiger partial charge in [-0.15, -0.1) is 0 Å². The molecule has 2 aromatic heterocycles. The molecule has 2 unspecified atom stereocenters. The van der Waals surface area contributed by atoms with E-state index in [4.69, 9.17) is 32.7 Å². The highest BCUT2D eigenvalue weighted by atomic mass is 35.5. The van der Waals surface area contributed by atoms with Crippen LogP contribution < -0.4 is 20.9 Å². The van der Waals surface area contributed by atoms with Crippen LogP contribution in [0.3, 0.4) is 0 Å². The van der Waals surface area contributed by atoms with Gasteiger partial charge in [-0.3, -0.25) is 9.59 Å². The highest BCUT2D eigenvalue weighted by Gasteiger charge is 2.24. The fraction of sp³-hybridized carbons (Fsp3) is 0.290. The molecule has 0 saturated carbocycles. The normalized spacial score (nSPS) is 16.5. The molecule has 1 aliphatic heterocycles. The predicted molar refractivity (Wildman–Crippen MR) is 166 cm³/mol. The zero-order valence-electron chi connectivity index (χ0n) is 24.2. The molecule has 0 bridgehead atoms. The lowest BCUT2D eigenvalue weighted by atomic mass is 9.99. The largest absolute Gasteiger partial charge is 0.481 e. The lowest BCUT2D eigenvalue weighted by Crippen LogP contribution is -2.46. The van der Waals surface area contributed by atoms with Crippen LogP contribution in [0, 0.1) is 12.7 Å². The topological polar surface area (TPSA) is 128 Å². The van der Waals surface area contributed by atoms with Crippen LogP contribution in [0.5, 0.6) is 5.88 Å². The van der Waals surface area contributed by atoms with Gasteiger partial charge < -0.3 is 25.2 Å². The van der Waals surface area contributed by atoms with Crippen LogP contribution in [0.2, 0.25) is 10.0 Å². The Morgan fingerprint density at radius 2 is 1.95 bits per heavy atom. The number of nitrogens with one attached hydrogen (secondary N) is 2. The lowest BCUT2D eigenvalue weighted by molar-refractivity contribution is -0.0281. The van der Waals surface area contributed by atoms with Gasteiger partial charge in [0.15, 0.2) is 0 Å². The zero-order valence-corrected chi connectivity index (χ0v) is 25.7. The quantitative estimate of drug-likeness (QED) is 0.251. The number of halogens is 3. The molecule has 2 atom stereocenters. The van der Waals surface area contributed by atoms with E-state index in [1.807, 2.05) is 6.07 Å². The molecule has 3 heterocycles. The van der Waals surface area contributed by atoms with E-state index in [9.17, 15) is 19.1 Å². The smallest absolute Gasteiger partial charge is 0.279 e. The Morgan fingerprint density at radius 3 is 2.70 bits per heavy atom. The molecule has 0 radical (unpaired) electrons. The molecule has 44 heavy (non-hydrogen) atoms. The van der Waals surface area contributed by atoms with Crippen molar-refractivity contribution in [2.24, 2.45) is 7.05 Å². The van der Waals surface area contributed by atoms with Crippen LogP contribution >= 0.6 is 23.2 Å². The molecule has 1 aliphatic rings. The van der Waals surface area contributed by atoms with Crippen LogP contribution in [0.25, 0.3) is 22.4 Å². The molecular weight excluding hydrogens is 612 g/mol. The number of ether oxygens (including phenoxy) is 2. The Balaban J connectivity index is 1.45. The number of amides is 1. The number of aromatic nitrogens is 3. The first-order valence-electron chi connectivity index (χ1n) is 13.7. The van der Waals surface area contributed by atoms with Crippen molar-refractivity contribution in [3.63, 3.8) is 0 Å². The van der Waals surface area contributed by atoms with E-state index in [2.05, 4.69) is 20.7 Å². The Labute approximate surface area is 262 Å². The highest BCUT2D eigenvalue weighted by Crippen LogP contribution is 2.42. The summed E-state index contributed by atoms with van der Waals surface area (Å²) in [6, 6.07) is 11.0. The van der Waals surface area contributed by atoms with Crippen LogP contribution in [0.4, 0.5) is 10.1 Å². The van der Waals surface area contributed by atoms with Crippen molar-refractivity contribution in [3.8, 4) is 28.3 Å². The molecule has 10 nitrogen and oxygen atoms in total. The first kappa shape index (κ1) is 31.6. The van der Waals surface area contributed by atoms with Crippen molar-refractivity contribution in [3.05, 3.63) is 91.6 Å². The van der Waals surface area contributed by atoms with Gasteiger partial charge >= 0.3 is 0 Å². The summed E-state index contributed by atoms with van der Waals surface area (Å²) in [6.45, 7) is 2.86. The van der Waals surface area contributed by atoms with Crippen molar-refractivity contribution in [2.75, 3.05) is 25.6 Å². The van der Waals surface area contributed by atoms with Crippen molar-refractivity contribution in [2.45, 2.75) is 32.0 Å². The van der Waals surface area contributed by atoms with Gasteiger partial charge in [0.25, 0.3) is 11.5 Å². The minimum absolute atomic E-state index is 0.0299. The van der Waals surface area contributed by atoms with Crippen LogP contribution in [-0.2, 0) is 18.3 Å². The fourth-order valence-corrected chi connectivity index (χ4v) is 5.61. The Hall–Kier alpha value is -3.87. The number of nitrogens with zero attached hydrogens (tertiary/aromatic N) is 3. The van der Waals surface area contributed by atoms with Crippen molar-refractivity contribution >= 4 is 34.8 Å². The first-order chi connectivity index (χ1) is 21.1. The number of pyridine rings is 1. The number of aliphatic hydroxyl groups excluding tert-OH is 1. The maximum Gasteiger partial charge on any atom is 0.279 e. The van der Waals surface area contributed by atoms with Gasteiger partial charge in [0, 0.05) is 48.5 Å². The Bertz CT molecular complexity index is 1780. The standard InChI is InChI=1S/C31H30Cl2FN5O5/c1-16-13-36-39(2)31(42)26(16)29(41)37-24-12-18(34)11-21(28(24)33)19-5-4-6-20(27(19)32)22-8-7-17(30(38-22)43-3)14-35-23-9-10-44-15-25(23)40/h4-8,11-13,23,25,35,40H,9-10,14-15H2,1-3H3,(H,37,41). The van der Waals surface area contributed by atoms with Gasteiger partial charge in [0.2, 0.25) is 5.88 Å². The van der Waals surface area contributed by atoms with Crippen LogP contribution in [-0.4, -0.2) is 58.2 Å².